The van der Waals surface area contributed by atoms with E-state index in [9.17, 15) is 9.18 Å². The number of anilines is 1. The van der Waals surface area contributed by atoms with Crippen LogP contribution in [0.5, 0.6) is 0 Å². The van der Waals surface area contributed by atoms with E-state index in [2.05, 4.69) is 21.6 Å². The number of nitrogens with zero attached hydrogens (tertiary/aromatic N) is 2. The number of benzene rings is 2. The summed E-state index contributed by atoms with van der Waals surface area (Å²) in [5, 5.41) is 14.8. The van der Waals surface area contributed by atoms with Crippen LogP contribution in [-0.4, -0.2) is 29.1 Å². The molecule has 2 aliphatic rings. The summed E-state index contributed by atoms with van der Waals surface area (Å²) in [6.07, 6.45) is 4.14. The maximum absolute atomic E-state index is 13.1. The zero-order valence-electron chi connectivity index (χ0n) is 15.6. The van der Waals surface area contributed by atoms with Gasteiger partial charge in [-0.2, -0.15) is 5.26 Å². The van der Waals surface area contributed by atoms with Crippen LogP contribution in [0.4, 0.5) is 14.9 Å². The molecule has 3 atom stereocenters. The van der Waals surface area contributed by atoms with E-state index in [1.165, 1.54) is 12.1 Å². The Morgan fingerprint density at radius 1 is 1.07 bits per heavy atom. The molecule has 0 radical (unpaired) electrons. The summed E-state index contributed by atoms with van der Waals surface area (Å²) in [6, 6.07) is 16.5. The van der Waals surface area contributed by atoms with Crippen LogP contribution in [0.1, 0.15) is 36.8 Å². The molecule has 2 heterocycles. The van der Waals surface area contributed by atoms with Crippen LogP contribution < -0.4 is 10.6 Å². The number of nitriles is 1. The minimum atomic E-state index is -0.207. The van der Waals surface area contributed by atoms with Gasteiger partial charge in [-0.3, -0.25) is 4.90 Å². The highest BCUT2D eigenvalue weighted by Gasteiger charge is 2.40. The van der Waals surface area contributed by atoms with E-state index < -0.39 is 0 Å². The van der Waals surface area contributed by atoms with Crippen LogP contribution in [0, 0.1) is 17.1 Å². The molecule has 4 rings (SSSR count). The van der Waals surface area contributed by atoms with Crippen LogP contribution in [0.15, 0.2) is 48.5 Å². The fourth-order valence-electron chi connectivity index (χ4n) is 4.43. The van der Waals surface area contributed by atoms with E-state index in [0.29, 0.717) is 23.3 Å². The summed E-state index contributed by atoms with van der Waals surface area (Å²) in [6.45, 7) is 0.833. The molecule has 144 valence electrons. The van der Waals surface area contributed by atoms with Crippen molar-refractivity contribution in [2.24, 2.45) is 0 Å². The standard InChI is InChI=1S/C22H23FN4O/c23-17-5-1-16(2-6-17)14-27-20-9-10-21(27)12-19(11-20)26-22(28)25-18-7-3-15(13-24)4-8-18/h1-8,19-21H,9-12,14H2,(H2,25,26,28)/t19?,20-,21+. The molecule has 2 aromatic rings. The molecule has 2 N–H and O–H groups in total. The number of fused-ring (bicyclic) bond motifs is 2. The summed E-state index contributed by atoms with van der Waals surface area (Å²) in [5.74, 6) is -0.206. The predicted octanol–water partition coefficient (Wildman–Crippen LogP) is 4.01. The van der Waals surface area contributed by atoms with E-state index in [1.807, 2.05) is 12.1 Å². The van der Waals surface area contributed by atoms with Gasteiger partial charge in [0.05, 0.1) is 11.6 Å². The summed E-state index contributed by atoms with van der Waals surface area (Å²) in [4.78, 5) is 14.8. The van der Waals surface area contributed by atoms with Gasteiger partial charge >= 0.3 is 6.03 Å². The topological polar surface area (TPSA) is 68.2 Å². The fourth-order valence-corrected chi connectivity index (χ4v) is 4.43. The second kappa shape index (κ2) is 7.99. The lowest BCUT2D eigenvalue weighted by Crippen LogP contribution is -2.50. The summed E-state index contributed by atoms with van der Waals surface area (Å²) in [5.41, 5.74) is 2.37. The number of rotatable bonds is 4. The third kappa shape index (κ3) is 4.15. The predicted molar refractivity (Wildman–Crippen MR) is 105 cm³/mol. The van der Waals surface area contributed by atoms with Gasteiger partial charge in [0.25, 0.3) is 0 Å². The van der Waals surface area contributed by atoms with E-state index in [4.69, 9.17) is 5.26 Å². The lowest BCUT2D eigenvalue weighted by Gasteiger charge is -2.39. The SMILES string of the molecule is N#Cc1ccc(NC(=O)NC2C[C@H]3CC[C@@H](C2)N3Cc2ccc(F)cc2)cc1. The first-order valence-corrected chi connectivity index (χ1v) is 9.68. The molecule has 5 nitrogen and oxygen atoms in total. The number of amides is 2. The van der Waals surface area contributed by atoms with Gasteiger partial charge in [0.1, 0.15) is 5.82 Å². The number of carbonyl (C=O) groups is 1. The second-order valence-electron chi connectivity index (χ2n) is 7.64. The Bertz CT molecular complexity index is 861. The molecule has 6 heteroatoms. The lowest BCUT2D eigenvalue weighted by atomic mass is 9.96. The van der Waals surface area contributed by atoms with Crippen LogP contribution in [0.25, 0.3) is 0 Å². The molecule has 2 fully saturated rings. The molecule has 2 aliphatic heterocycles. The molecule has 0 saturated carbocycles. The first-order valence-electron chi connectivity index (χ1n) is 9.68. The average Bonchev–Trinajstić information content (AvgIpc) is 2.92. The van der Waals surface area contributed by atoms with Crippen molar-refractivity contribution in [3.8, 4) is 6.07 Å². The van der Waals surface area contributed by atoms with Gasteiger partial charge in [-0.25, -0.2) is 9.18 Å². The Morgan fingerprint density at radius 2 is 1.71 bits per heavy atom. The third-order valence-corrected chi connectivity index (χ3v) is 5.77. The number of hydrogen-bond acceptors (Lipinski definition) is 3. The summed E-state index contributed by atoms with van der Waals surface area (Å²) in [7, 11) is 0. The van der Waals surface area contributed by atoms with E-state index in [1.54, 1.807) is 24.3 Å². The second-order valence-corrected chi connectivity index (χ2v) is 7.64. The van der Waals surface area contributed by atoms with Crippen molar-refractivity contribution in [1.29, 1.82) is 5.26 Å². The number of nitrogens with one attached hydrogen (secondary N) is 2. The lowest BCUT2D eigenvalue weighted by molar-refractivity contribution is 0.112. The number of urea groups is 1. The van der Waals surface area contributed by atoms with Crippen molar-refractivity contribution in [1.82, 2.24) is 10.2 Å². The van der Waals surface area contributed by atoms with Gasteiger partial charge in [-0.1, -0.05) is 12.1 Å². The monoisotopic (exact) mass is 378 g/mol. The maximum Gasteiger partial charge on any atom is 0.319 e. The molecular weight excluding hydrogens is 355 g/mol. The molecule has 2 saturated heterocycles. The molecule has 2 amide bonds. The highest BCUT2D eigenvalue weighted by atomic mass is 19.1. The quantitative estimate of drug-likeness (QED) is 0.845. The number of hydrogen-bond donors (Lipinski definition) is 2. The number of piperidine rings is 1. The van der Waals surface area contributed by atoms with Gasteiger partial charge in [0.15, 0.2) is 0 Å². The Morgan fingerprint density at radius 3 is 2.32 bits per heavy atom. The normalized spacial score (nSPS) is 23.8. The average molecular weight is 378 g/mol. The van der Waals surface area contributed by atoms with Crippen molar-refractivity contribution in [3.63, 3.8) is 0 Å². The van der Waals surface area contributed by atoms with Crippen molar-refractivity contribution < 1.29 is 9.18 Å². The highest BCUT2D eigenvalue weighted by Crippen LogP contribution is 2.36. The van der Waals surface area contributed by atoms with Crippen molar-refractivity contribution in [3.05, 3.63) is 65.5 Å². The minimum absolute atomic E-state index is 0.153. The largest absolute Gasteiger partial charge is 0.335 e. The van der Waals surface area contributed by atoms with Crippen LogP contribution >= 0.6 is 0 Å². The first-order chi connectivity index (χ1) is 13.6. The fraction of sp³-hybridized carbons (Fsp3) is 0.364. The Hall–Kier alpha value is -2.91. The molecule has 0 aliphatic carbocycles. The first kappa shape index (κ1) is 18.5. The zero-order chi connectivity index (χ0) is 19.5. The van der Waals surface area contributed by atoms with Gasteiger partial charge in [0, 0.05) is 30.4 Å². The van der Waals surface area contributed by atoms with Crippen LogP contribution in [0.3, 0.4) is 0 Å². The molecule has 2 bridgehead atoms. The third-order valence-electron chi connectivity index (χ3n) is 5.77. The number of halogens is 1. The van der Waals surface area contributed by atoms with Crippen molar-refractivity contribution in [2.45, 2.75) is 50.4 Å². The Labute approximate surface area is 164 Å². The van der Waals surface area contributed by atoms with E-state index in [-0.39, 0.29) is 17.9 Å². The van der Waals surface area contributed by atoms with Gasteiger partial charge in [-0.05, 0) is 67.6 Å². The molecule has 2 aromatic carbocycles. The highest BCUT2D eigenvalue weighted by molar-refractivity contribution is 5.89. The van der Waals surface area contributed by atoms with Crippen LogP contribution in [-0.2, 0) is 6.54 Å². The van der Waals surface area contributed by atoms with Crippen molar-refractivity contribution >= 4 is 11.7 Å². The zero-order valence-corrected chi connectivity index (χ0v) is 15.6. The van der Waals surface area contributed by atoms with Gasteiger partial charge in [0.2, 0.25) is 0 Å². The summed E-state index contributed by atoms with van der Waals surface area (Å²) < 4.78 is 13.1. The molecule has 28 heavy (non-hydrogen) atoms. The minimum Gasteiger partial charge on any atom is -0.335 e. The molecule has 0 aromatic heterocycles. The van der Waals surface area contributed by atoms with Crippen molar-refractivity contribution in [2.75, 3.05) is 5.32 Å². The summed E-state index contributed by atoms with van der Waals surface area (Å²) >= 11 is 0. The molecular formula is C22H23FN4O. The van der Waals surface area contributed by atoms with Gasteiger partial charge < -0.3 is 10.6 Å². The maximum atomic E-state index is 13.1. The Balaban J connectivity index is 1.31. The molecule has 1 unspecified atom stereocenters. The van der Waals surface area contributed by atoms with E-state index in [0.717, 1.165) is 37.8 Å². The van der Waals surface area contributed by atoms with Gasteiger partial charge in [-0.15, -0.1) is 0 Å². The van der Waals surface area contributed by atoms with Crippen LogP contribution in [0.2, 0.25) is 0 Å². The smallest absolute Gasteiger partial charge is 0.319 e. The van der Waals surface area contributed by atoms with E-state index >= 15 is 0 Å². The molecule has 0 spiro atoms. The Kier molecular flexibility index (Phi) is 5.27. The number of carbonyl (C=O) groups excluding carboxylic acids is 1.